The van der Waals surface area contributed by atoms with Gasteiger partial charge in [-0.15, -0.1) is 0 Å². The lowest BCUT2D eigenvalue weighted by Crippen LogP contribution is -2.54. The van der Waals surface area contributed by atoms with Crippen LogP contribution in [-0.2, 0) is 19.2 Å². The Kier molecular flexibility index (Phi) is 7.08. The Labute approximate surface area is 170 Å². The van der Waals surface area contributed by atoms with Gasteiger partial charge < -0.3 is 14.7 Å². The van der Waals surface area contributed by atoms with E-state index in [1.54, 1.807) is 17.5 Å². The Hall–Kier alpha value is -2.47. The van der Waals surface area contributed by atoms with Crippen LogP contribution in [0.25, 0.3) is 0 Å². The number of aliphatic carboxylic acids is 1. The molecule has 0 aromatic carbocycles. The van der Waals surface area contributed by atoms with Gasteiger partial charge in [0, 0.05) is 43.9 Å². The molecule has 9 nitrogen and oxygen atoms in total. The van der Waals surface area contributed by atoms with Crippen LogP contribution in [0, 0.1) is 11.8 Å². The van der Waals surface area contributed by atoms with Gasteiger partial charge in [-0.3, -0.25) is 9.63 Å². The second-order valence-corrected chi connectivity index (χ2v) is 7.18. The van der Waals surface area contributed by atoms with Crippen molar-refractivity contribution in [1.82, 2.24) is 15.0 Å². The Balaban J connectivity index is 0.000000318. The summed E-state index contributed by atoms with van der Waals surface area (Å²) < 4.78 is 37.7. The predicted octanol–water partition coefficient (Wildman–Crippen LogP) is 1.51. The topological polar surface area (TPSA) is 105 Å². The Bertz CT molecular complexity index is 730. The highest BCUT2D eigenvalue weighted by Crippen LogP contribution is 2.35. The average Bonchev–Trinajstić information content (AvgIpc) is 3.28. The summed E-state index contributed by atoms with van der Waals surface area (Å²) in [5, 5.41) is 8.69. The first-order valence-electron chi connectivity index (χ1n) is 9.65. The van der Waals surface area contributed by atoms with Gasteiger partial charge in [0.2, 0.25) is 11.9 Å². The molecule has 0 saturated carbocycles. The van der Waals surface area contributed by atoms with Gasteiger partial charge in [0.1, 0.15) is 0 Å². The van der Waals surface area contributed by atoms with Crippen LogP contribution in [0.3, 0.4) is 0 Å². The molecule has 1 aromatic rings. The van der Waals surface area contributed by atoms with Gasteiger partial charge in [0.15, 0.2) is 0 Å². The number of fused-ring (bicyclic) bond motifs is 1. The van der Waals surface area contributed by atoms with Crippen LogP contribution < -0.4 is 4.90 Å². The second kappa shape index (κ2) is 9.56. The van der Waals surface area contributed by atoms with Crippen LogP contribution >= 0.6 is 0 Å². The van der Waals surface area contributed by atoms with Gasteiger partial charge in [-0.25, -0.2) is 19.8 Å². The van der Waals surface area contributed by atoms with Crippen molar-refractivity contribution in [3.8, 4) is 0 Å². The Morgan fingerprint density at radius 2 is 1.83 bits per heavy atom. The molecule has 0 spiro atoms. The van der Waals surface area contributed by atoms with Gasteiger partial charge in [-0.1, -0.05) is 0 Å². The minimum atomic E-state index is -5.08. The standard InChI is InChI=1S/C16H22N4O3.C2HF3O2/c21-15(20-7-2-9-23-20)12-4-10-22-14-3-8-19(11-13(12)14)16-17-5-1-6-18-16;3-2(4,5)1(6)7/h1,5-6,12-14H,2-4,7-11H2;(H,6,7)/t12-,13-,14-;/m1./s1. The molecule has 0 aliphatic carbocycles. The molecule has 1 aromatic heterocycles. The minimum absolute atomic E-state index is 0.0293. The maximum atomic E-state index is 12.8. The molecule has 3 aliphatic rings. The number of carboxylic acids is 1. The number of anilines is 1. The Morgan fingerprint density at radius 1 is 1.13 bits per heavy atom. The summed E-state index contributed by atoms with van der Waals surface area (Å²) >= 11 is 0. The molecule has 1 amide bonds. The molecule has 3 aliphatic heterocycles. The number of alkyl halides is 3. The van der Waals surface area contributed by atoms with E-state index in [1.807, 2.05) is 6.07 Å². The fourth-order valence-electron chi connectivity index (χ4n) is 3.86. The first kappa shape index (κ1) is 22.2. The van der Waals surface area contributed by atoms with E-state index >= 15 is 0 Å². The number of piperidine rings is 1. The lowest BCUT2D eigenvalue weighted by Gasteiger charge is -2.44. The van der Waals surface area contributed by atoms with Crippen molar-refractivity contribution in [2.75, 3.05) is 37.7 Å². The summed E-state index contributed by atoms with van der Waals surface area (Å²) in [6, 6.07) is 1.82. The van der Waals surface area contributed by atoms with Crippen LogP contribution in [0.5, 0.6) is 0 Å². The zero-order chi connectivity index (χ0) is 21.7. The first-order valence-corrected chi connectivity index (χ1v) is 9.65. The van der Waals surface area contributed by atoms with Crippen molar-refractivity contribution in [3.05, 3.63) is 18.5 Å². The molecule has 166 valence electrons. The monoisotopic (exact) mass is 432 g/mol. The largest absolute Gasteiger partial charge is 0.490 e. The predicted molar refractivity (Wildman–Crippen MR) is 96.2 cm³/mol. The van der Waals surface area contributed by atoms with E-state index in [0.717, 1.165) is 38.3 Å². The van der Waals surface area contributed by atoms with Crippen molar-refractivity contribution in [1.29, 1.82) is 0 Å². The third kappa shape index (κ3) is 5.36. The van der Waals surface area contributed by atoms with Gasteiger partial charge in [0.05, 0.1) is 19.3 Å². The molecule has 4 heterocycles. The van der Waals surface area contributed by atoms with E-state index in [9.17, 15) is 18.0 Å². The average molecular weight is 432 g/mol. The van der Waals surface area contributed by atoms with E-state index in [0.29, 0.717) is 19.8 Å². The Morgan fingerprint density at radius 3 is 2.43 bits per heavy atom. The van der Waals surface area contributed by atoms with E-state index in [4.69, 9.17) is 19.5 Å². The lowest BCUT2D eigenvalue weighted by molar-refractivity contribution is -0.192. The van der Waals surface area contributed by atoms with Crippen molar-refractivity contribution >= 4 is 17.8 Å². The number of amides is 1. The fourth-order valence-corrected chi connectivity index (χ4v) is 3.86. The van der Waals surface area contributed by atoms with Crippen LogP contribution in [-0.4, -0.2) is 77.1 Å². The van der Waals surface area contributed by atoms with E-state index in [2.05, 4.69) is 14.9 Å². The summed E-state index contributed by atoms with van der Waals surface area (Å²) in [7, 11) is 0. The van der Waals surface area contributed by atoms with Crippen molar-refractivity contribution in [3.63, 3.8) is 0 Å². The van der Waals surface area contributed by atoms with E-state index < -0.39 is 12.1 Å². The quantitative estimate of drug-likeness (QED) is 0.750. The molecule has 3 atom stereocenters. The summed E-state index contributed by atoms with van der Waals surface area (Å²) in [6.07, 6.45) is 1.18. The maximum Gasteiger partial charge on any atom is 0.490 e. The molecule has 30 heavy (non-hydrogen) atoms. The number of hydrogen-bond acceptors (Lipinski definition) is 7. The van der Waals surface area contributed by atoms with Crippen LogP contribution in [0.1, 0.15) is 19.3 Å². The molecule has 0 bridgehead atoms. The highest BCUT2D eigenvalue weighted by molar-refractivity contribution is 5.78. The number of aromatic nitrogens is 2. The molecule has 0 radical (unpaired) electrons. The van der Waals surface area contributed by atoms with Crippen molar-refractivity contribution < 1.29 is 37.4 Å². The summed E-state index contributed by atoms with van der Waals surface area (Å²) in [4.78, 5) is 38.0. The molecule has 4 rings (SSSR count). The maximum absolute atomic E-state index is 12.8. The van der Waals surface area contributed by atoms with Crippen molar-refractivity contribution in [2.45, 2.75) is 31.5 Å². The second-order valence-electron chi connectivity index (χ2n) is 7.18. The molecular formula is C18H23F3N4O5. The van der Waals surface area contributed by atoms with E-state index in [1.165, 1.54) is 0 Å². The van der Waals surface area contributed by atoms with Crippen LogP contribution in [0.4, 0.5) is 19.1 Å². The SMILES string of the molecule is O=C(O)C(F)(F)F.O=C([C@@H]1CCO[C@@H]2CCN(c3ncccn3)C[C@@H]21)N1CCCO1. The zero-order valence-corrected chi connectivity index (χ0v) is 16.1. The summed E-state index contributed by atoms with van der Waals surface area (Å²) in [5.41, 5.74) is 0. The van der Waals surface area contributed by atoms with Gasteiger partial charge in [-0.05, 0) is 25.3 Å². The fraction of sp³-hybridized carbons (Fsp3) is 0.667. The lowest BCUT2D eigenvalue weighted by atomic mass is 9.79. The number of hydrogen-bond donors (Lipinski definition) is 1. The van der Waals surface area contributed by atoms with Crippen molar-refractivity contribution in [2.24, 2.45) is 11.8 Å². The molecule has 3 fully saturated rings. The first-order chi connectivity index (χ1) is 14.3. The number of nitrogens with zero attached hydrogens (tertiary/aromatic N) is 4. The highest BCUT2D eigenvalue weighted by atomic mass is 19.4. The van der Waals surface area contributed by atoms with Gasteiger partial charge in [0.25, 0.3) is 0 Å². The normalized spacial score (nSPS) is 26.4. The third-order valence-corrected chi connectivity index (χ3v) is 5.26. The third-order valence-electron chi connectivity index (χ3n) is 5.26. The summed E-state index contributed by atoms with van der Waals surface area (Å²) in [5.74, 6) is -1.75. The van der Waals surface area contributed by atoms with Crippen LogP contribution in [0.15, 0.2) is 18.5 Å². The smallest absolute Gasteiger partial charge is 0.475 e. The van der Waals surface area contributed by atoms with E-state index in [-0.39, 0.29) is 23.8 Å². The minimum Gasteiger partial charge on any atom is -0.475 e. The number of ether oxygens (including phenoxy) is 1. The van der Waals surface area contributed by atoms with Crippen LogP contribution in [0.2, 0.25) is 0 Å². The number of halogens is 3. The molecule has 3 saturated heterocycles. The van der Waals surface area contributed by atoms with Gasteiger partial charge in [-0.2, -0.15) is 13.2 Å². The number of rotatable bonds is 2. The molecular weight excluding hydrogens is 409 g/mol. The zero-order valence-electron chi connectivity index (χ0n) is 16.1. The number of carboxylic acid groups (broad SMARTS) is 1. The highest BCUT2D eigenvalue weighted by Gasteiger charge is 2.44. The number of carbonyl (C=O) groups excluding carboxylic acids is 1. The number of carbonyl (C=O) groups is 2. The summed E-state index contributed by atoms with van der Waals surface area (Å²) in [6.45, 7) is 3.64. The molecule has 12 heteroatoms. The molecule has 1 N–H and O–H groups in total. The molecule has 0 unspecified atom stereocenters. The van der Waals surface area contributed by atoms with Gasteiger partial charge >= 0.3 is 12.1 Å². The number of hydroxylamine groups is 2.